The Morgan fingerprint density at radius 1 is 1.25 bits per heavy atom. The molecule has 1 aromatic carbocycles. The number of hydrogen-bond acceptors (Lipinski definition) is 3. The Morgan fingerprint density at radius 2 is 2.00 bits per heavy atom. The molecule has 106 valence electrons. The third kappa shape index (κ3) is 4.20. The summed E-state index contributed by atoms with van der Waals surface area (Å²) in [6, 6.07) is 9.87. The van der Waals surface area contributed by atoms with Crippen molar-refractivity contribution in [1.29, 1.82) is 0 Å². The van der Waals surface area contributed by atoms with Gasteiger partial charge in [-0.2, -0.15) is 5.10 Å². The number of nitrogens with one attached hydrogen (secondary N) is 2. The predicted octanol–water partition coefficient (Wildman–Crippen LogP) is 1.13. The molecule has 1 amide bonds. The van der Waals surface area contributed by atoms with E-state index in [9.17, 15) is 4.79 Å². The highest BCUT2D eigenvalue weighted by atomic mass is 16.1. The standard InChI is InChI=1S/C15H20N4O/c1-12-14(11-19(2)18-12)9-16-10-15(20)17-8-13-6-4-3-5-7-13/h3-7,11,16H,8-10H2,1-2H3,(H,17,20). The van der Waals surface area contributed by atoms with Gasteiger partial charge < -0.3 is 10.6 Å². The maximum Gasteiger partial charge on any atom is 0.234 e. The van der Waals surface area contributed by atoms with Crippen molar-refractivity contribution in [3.05, 3.63) is 53.3 Å². The molecule has 2 aromatic rings. The van der Waals surface area contributed by atoms with Crippen molar-refractivity contribution in [1.82, 2.24) is 20.4 Å². The van der Waals surface area contributed by atoms with Crippen molar-refractivity contribution in [2.45, 2.75) is 20.0 Å². The molecule has 0 aliphatic heterocycles. The number of carbonyl (C=O) groups is 1. The first-order valence-electron chi connectivity index (χ1n) is 6.65. The van der Waals surface area contributed by atoms with Gasteiger partial charge in [-0.15, -0.1) is 0 Å². The van der Waals surface area contributed by atoms with Crippen LogP contribution in [0.4, 0.5) is 0 Å². The fraction of sp³-hybridized carbons (Fsp3) is 0.333. The van der Waals surface area contributed by atoms with Gasteiger partial charge in [-0.25, -0.2) is 0 Å². The second-order valence-corrected chi connectivity index (χ2v) is 4.78. The summed E-state index contributed by atoms with van der Waals surface area (Å²) in [6.07, 6.45) is 1.96. The van der Waals surface area contributed by atoms with Crippen molar-refractivity contribution in [2.75, 3.05) is 6.54 Å². The Kier molecular flexibility index (Phi) is 4.90. The minimum atomic E-state index is -0.00426. The molecule has 0 saturated carbocycles. The molecule has 0 aliphatic carbocycles. The molecule has 20 heavy (non-hydrogen) atoms. The van der Waals surface area contributed by atoms with E-state index >= 15 is 0 Å². The van der Waals surface area contributed by atoms with Crippen LogP contribution in [-0.2, 0) is 24.9 Å². The third-order valence-corrected chi connectivity index (χ3v) is 3.05. The summed E-state index contributed by atoms with van der Waals surface area (Å²) < 4.78 is 1.78. The smallest absolute Gasteiger partial charge is 0.234 e. The zero-order valence-corrected chi connectivity index (χ0v) is 11.9. The lowest BCUT2D eigenvalue weighted by Gasteiger charge is -2.06. The monoisotopic (exact) mass is 272 g/mol. The van der Waals surface area contributed by atoms with E-state index in [0.29, 0.717) is 19.6 Å². The van der Waals surface area contributed by atoms with E-state index in [0.717, 1.165) is 16.8 Å². The predicted molar refractivity (Wildman–Crippen MR) is 77.9 cm³/mol. The second kappa shape index (κ2) is 6.86. The first kappa shape index (κ1) is 14.3. The SMILES string of the molecule is Cc1nn(C)cc1CNCC(=O)NCc1ccccc1. The van der Waals surface area contributed by atoms with Crippen LogP contribution in [-0.4, -0.2) is 22.2 Å². The van der Waals surface area contributed by atoms with Gasteiger partial charge in [0.25, 0.3) is 0 Å². The second-order valence-electron chi connectivity index (χ2n) is 4.78. The summed E-state index contributed by atoms with van der Waals surface area (Å²) in [7, 11) is 1.89. The largest absolute Gasteiger partial charge is 0.351 e. The molecule has 1 aromatic heterocycles. The third-order valence-electron chi connectivity index (χ3n) is 3.05. The van der Waals surface area contributed by atoms with E-state index in [1.165, 1.54) is 0 Å². The van der Waals surface area contributed by atoms with Crippen LogP contribution in [0.1, 0.15) is 16.8 Å². The zero-order chi connectivity index (χ0) is 14.4. The summed E-state index contributed by atoms with van der Waals surface area (Å²) in [4.78, 5) is 11.7. The van der Waals surface area contributed by atoms with Gasteiger partial charge in [-0.1, -0.05) is 30.3 Å². The molecule has 2 rings (SSSR count). The van der Waals surface area contributed by atoms with Crippen molar-refractivity contribution in [2.24, 2.45) is 7.05 Å². The Balaban J connectivity index is 1.69. The molecule has 2 N–H and O–H groups in total. The van der Waals surface area contributed by atoms with Crippen LogP contribution in [0.3, 0.4) is 0 Å². The van der Waals surface area contributed by atoms with Crippen LogP contribution in [0, 0.1) is 6.92 Å². The van der Waals surface area contributed by atoms with Gasteiger partial charge in [0.2, 0.25) is 5.91 Å². The number of carbonyl (C=O) groups excluding carboxylic acids is 1. The van der Waals surface area contributed by atoms with E-state index in [2.05, 4.69) is 15.7 Å². The van der Waals surface area contributed by atoms with E-state index < -0.39 is 0 Å². The van der Waals surface area contributed by atoms with Crippen LogP contribution < -0.4 is 10.6 Å². The van der Waals surface area contributed by atoms with Crippen LogP contribution >= 0.6 is 0 Å². The first-order chi connectivity index (χ1) is 9.65. The molecular formula is C15H20N4O. The molecule has 1 heterocycles. The summed E-state index contributed by atoms with van der Waals surface area (Å²) in [6.45, 7) is 3.49. The Labute approximate surface area is 119 Å². The van der Waals surface area contributed by atoms with Gasteiger partial charge in [-0.05, 0) is 12.5 Å². The fourth-order valence-corrected chi connectivity index (χ4v) is 1.99. The molecule has 0 atom stereocenters. The van der Waals surface area contributed by atoms with Gasteiger partial charge >= 0.3 is 0 Å². The maximum atomic E-state index is 11.7. The average Bonchev–Trinajstić information content (AvgIpc) is 2.76. The molecule has 0 spiro atoms. The van der Waals surface area contributed by atoms with Crippen LogP contribution in [0.2, 0.25) is 0 Å². The zero-order valence-electron chi connectivity index (χ0n) is 11.9. The number of aromatic nitrogens is 2. The minimum Gasteiger partial charge on any atom is -0.351 e. The lowest BCUT2D eigenvalue weighted by atomic mass is 10.2. The molecular weight excluding hydrogens is 252 g/mol. The van der Waals surface area contributed by atoms with E-state index in [1.54, 1.807) is 4.68 Å². The number of amides is 1. The Morgan fingerprint density at radius 3 is 2.65 bits per heavy atom. The van der Waals surface area contributed by atoms with Crippen LogP contribution in [0.15, 0.2) is 36.5 Å². The summed E-state index contributed by atoms with van der Waals surface area (Å²) >= 11 is 0. The molecule has 5 heteroatoms. The van der Waals surface area contributed by atoms with E-state index in [-0.39, 0.29) is 5.91 Å². The van der Waals surface area contributed by atoms with Crippen molar-refractivity contribution in [3.8, 4) is 0 Å². The molecule has 0 saturated heterocycles. The normalized spacial score (nSPS) is 10.5. The molecule has 0 radical (unpaired) electrons. The number of benzene rings is 1. The number of aryl methyl sites for hydroxylation is 2. The first-order valence-corrected chi connectivity index (χ1v) is 6.65. The molecule has 5 nitrogen and oxygen atoms in total. The Hall–Kier alpha value is -2.14. The number of hydrogen-bond donors (Lipinski definition) is 2. The van der Waals surface area contributed by atoms with E-state index in [4.69, 9.17) is 0 Å². The maximum absolute atomic E-state index is 11.7. The van der Waals surface area contributed by atoms with Crippen molar-refractivity contribution in [3.63, 3.8) is 0 Å². The van der Waals surface area contributed by atoms with E-state index in [1.807, 2.05) is 50.5 Å². The topological polar surface area (TPSA) is 59.0 Å². The number of rotatable bonds is 6. The number of nitrogens with zero attached hydrogens (tertiary/aromatic N) is 2. The van der Waals surface area contributed by atoms with Gasteiger partial charge in [-0.3, -0.25) is 9.48 Å². The van der Waals surface area contributed by atoms with Crippen LogP contribution in [0.25, 0.3) is 0 Å². The average molecular weight is 272 g/mol. The quantitative estimate of drug-likeness (QED) is 0.829. The summed E-state index contributed by atoms with van der Waals surface area (Å²) in [5.41, 5.74) is 3.21. The van der Waals surface area contributed by atoms with Gasteiger partial charge in [0.15, 0.2) is 0 Å². The summed E-state index contributed by atoms with van der Waals surface area (Å²) in [5, 5.41) is 10.3. The van der Waals surface area contributed by atoms with Gasteiger partial charge in [0.05, 0.1) is 12.2 Å². The summed E-state index contributed by atoms with van der Waals surface area (Å²) in [5.74, 6) is -0.00426. The highest BCUT2D eigenvalue weighted by Gasteiger charge is 2.04. The fourth-order valence-electron chi connectivity index (χ4n) is 1.99. The van der Waals surface area contributed by atoms with Crippen LogP contribution in [0.5, 0.6) is 0 Å². The molecule has 0 aliphatic rings. The lowest BCUT2D eigenvalue weighted by molar-refractivity contribution is -0.120. The lowest BCUT2D eigenvalue weighted by Crippen LogP contribution is -2.33. The van der Waals surface area contributed by atoms with Gasteiger partial charge in [0.1, 0.15) is 0 Å². The van der Waals surface area contributed by atoms with Crippen molar-refractivity contribution < 1.29 is 4.79 Å². The molecule has 0 unspecified atom stereocenters. The Bertz CT molecular complexity index is 563. The van der Waals surface area contributed by atoms with Crippen molar-refractivity contribution >= 4 is 5.91 Å². The molecule has 0 bridgehead atoms. The minimum absolute atomic E-state index is 0.00426. The molecule has 0 fully saturated rings. The highest BCUT2D eigenvalue weighted by Crippen LogP contribution is 2.03. The highest BCUT2D eigenvalue weighted by molar-refractivity contribution is 5.77. The van der Waals surface area contributed by atoms with Gasteiger partial charge in [0, 0.05) is 31.9 Å².